The number of ether oxygens (including phenoxy) is 1. The van der Waals surface area contributed by atoms with Gasteiger partial charge in [0.15, 0.2) is 0 Å². The third-order valence-corrected chi connectivity index (χ3v) is 5.20. The van der Waals surface area contributed by atoms with E-state index >= 15 is 0 Å². The maximum absolute atomic E-state index is 12.9. The van der Waals surface area contributed by atoms with Gasteiger partial charge in [-0.05, 0) is 37.9 Å². The first kappa shape index (κ1) is 18.9. The Bertz CT molecular complexity index is 650. The highest BCUT2D eigenvalue weighted by Gasteiger charge is 2.43. The molecular formula is C18H22ClNO3S. The fourth-order valence-electron chi connectivity index (χ4n) is 2.98. The first-order valence-electron chi connectivity index (χ1n) is 7.82. The molecule has 3 rings (SSSR count). The van der Waals surface area contributed by atoms with Crippen molar-refractivity contribution in [1.29, 1.82) is 0 Å². The summed E-state index contributed by atoms with van der Waals surface area (Å²) in [5.74, 6) is -0.591. The Hall–Kier alpha value is -1.40. The number of hydrogen-bond donors (Lipinski definition) is 1. The van der Waals surface area contributed by atoms with Gasteiger partial charge in [0, 0.05) is 12.1 Å². The molecule has 4 nitrogen and oxygen atoms in total. The number of thiophene rings is 1. The molecule has 130 valence electrons. The lowest BCUT2D eigenvalue weighted by atomic mass is 9.92. The van der Waals surface area contributed by atoms with E-state index in [1.807, 2.05) is 36.7 Å². The minimum Gasteiger partial charge on any atom is -0.458 e. The molecular weight excluding hydrogens is 346 g/mol. The number of likely N-dealkylation sites (N-methyl/N-ethyl adjacent to an activating group) is 1. The number of aliphatic hydroxyl groups is 1. The molecule has 1 saturated heterocycles. The molecule has 0 radical (unpaired) electrons. The van der Waals surface area contributed by atoms with Crippen LogP contribution in [0.2, 0.25) is 0 Å². The van der Waals surface area contributed by atoms with E-state index in [1.54, 1.807) is 18.2 Å². The molecule has 24 heavy (non-hydrogen) atoms. The molecule has 6 heteroatoms. The monoisotopic (exact) mass is 367 g/mol. The Morgan fingerprint density at radius 1 is 1.29 bits per heavy atom. The van der Waals surface area contributed by atoms with Gasteiger partial charge in [-0.2, -0.15) is 0 Å². The smallest absolute Gasteiger partial charge is 0.348 e. The molecule has 1 aliphatic heterocycles. The van der Waals surface area contributed by atoms with Crippen LogP contribution in [-0.4, -0.2) is 42.2 Å². The largest absolute Gasteiger partial charge is 0.458 e. The van der Waals surface area contributed by atoms with Crippen molar-refractivity contribution in [3.63, 3.8) is 0 Å². The molecule has 1 fully saturated rings. The van der Waals surface area contributed by atoms with Gasteiger partial charge in [-0.15, -0.1) is 23.7 Å². The zero-order chi connectivity index (χ0) is 16.3. The van der Waals surface area contributed by atoms with Crippen LogP contribution in [0.25, 0.3) is 0 Å². The van der Waals surface area contributed by atoms with Crippen molar-refractivity contribution < 1.29 is 14.6 Å². The second kappa shape index (κ2) is 8.12. The number of piperidine rings is 1. The molecule has 1 aliphatic rings. The number of nitrogens with zero attached hydrogens (tertiary/aromatic N) is 1. The summed E-state index contributed by atoms with van der Waals surface area (Å²) in [6.07, 6.45) is 1.67. The number of carbonyl (C=O) groups is 1. The van der Waals surface area contributed by atoms with Gasteiger partial charge in [0.05, 0.1) is 4.88 Å². The van der Waals surface area contributed by atoms with Crippen molar-refractivity contribution in [1.82, 2.24) is 4.90 Å². The summed E-state index contributed by atoms with van der Waals surface area (Å²) in [6, 6.07) is 12.6. The fraction of sp³-hybridized carbons (Fsp3) is 0.389. The van der Waals surface area contributed by atoms with Crippen molar-refractivity contribution in [2.45, 2.75) is 24.5 Å². The SMILES string of the molecule is CN1CCCC(OC(=O)C(O)(c2ccccc2)c2cccs2)C1.Cl. The molecule has 2 aromatic rings. The molecule has 2 heterocycles. The number of esters is 1. The van der Waals surface area contributed by atoms with Gasteiger partial charge >= 0.3 is 5.97 Å². The molecule has 0 amide bonds. The maximum atomic E-state index is 12.9. The van der Waals surface area contributed by atoms with Crippen molar-refractivity contribution in [2.75, 3.05) is 20.1 Å². The van der Waals surface area contributed by atoms with Gasteiger partial charge < -0.3 is 14.7 Å². The van der Waals surface area contributed by atoms with Crippen LogP contribution in [0.5, 0.6) is 0 Å². The van der Waals surface area contributed by atoms with E-state index in [0.717, 1.165) is 19.4 Å². The van der Waals surface area contributed by atoms with E-state index in [-0.39, 0.29) is 18.5 Å². The van der Waals surface area contributed by atoms with E-state index in [9.17, 15) is 9.90 Å². The zero-order valence-corrected chi connectivity index (χ0v) is 15.2. The number of hydrogen-bond acceptors (Lipinski definition) is 5. The second-order valence-electron chi connectivity index (χ2n) is 5.99. The lowest BCUT2D eigenvalue weighted by Crippen LogP contribution is -2.44. The van der Waals surface area contributed by atoms with Gasteiger partial charge in [0.25, 0.3) is 0 Å². The van der Waals surface area contributed by atoms with Crippen LogP contribution in [0.4, 0.5) is 0 Å². The molecule has 2 unspecified atom stereocenters. The molecule has 2 atom stereocenters. The Morgan fingerprint density at radius 3 is 2.67 bits per heavy atom. The summed E-state index contributed by atoms with van der Waals surface area (Å²) in [5, 5.41) is 13.1. The number of benzene rings is 1. The summed E-state index contributed by atoms with van der Waals surface area (Å²) in [5.41, 5.74) is -1.21. The van der Waals surface area contributed by atoms with Crippen molar-refractivity contribution in [3.05, 3.63) is 58.3 Å². The minimum atomic E-state index is -1.74. The Kier molecular flexibility index (Phi) is 6.40. The summed E-state index contributed by atoms with van der Waals surface area (Å²) in [4.78, 5) is 15.6. The van der Waals surface area contributed by atoms with Crippen LogP contribution in [-0.2, 0) is 15.1 Å². The van der Waals surface area contributed by atoms with Gasteiger partial charge in [0.1, 0.15) is 6.10 Å². The van der Waals surface area contributed by atoms with Crippen LogP contribution in [0.1, 0.15) is 23.3 Å². The zero-order valence-electron chi connectivity index (χ0n) is 13.6. The lowest BCUT2D eigenvalue weighted by Gasteiger charge is -2.32. The molecule has 1 aromatic heterocycles. The maximum Gasteiger partial charge on any atom is 0.348 e. The van der Waals surface area contributed by atoms with E-state index in [0.29, 0.717) is 17.0 Å². The summed E-state index contributed by atoms with van der Waals surface area (Å²) in [6.45, 7) is 1.73. The van der Waals surface area contributed by atoms with Crippen LogP contribution in [0.15, 0.2) is 47.8 Å². The average molecular weight is 368 g/mol. The topological polar surface area (TPSA) is 49.8 Å². The molecule has 1 N–H and O–H groups in total. The summed E-state index contributed by atoms with van der Waals surface area (Å²) in [7, 11) is 2.02. The number of likely N-dealkylation sites (tertiary alicyclic amines) is 1. The van der Waals surface area contributed by atoms with Crippen LogP contribution in [0, 0.1) is 0 Å². The Labute approximate surface area is 152 Å². The van der Waals surface area contributed by atoms with E-state index < -0.39 is 11.6 Å². The van der Waals surface area contributed by atoms with Gasteiger partial charge in [-0.3, -0.25) is 0 Å². The third-order valence-electron chi connectivity index (χ3n) is 4.22. The Morgan fingerprint density at radius 2 is 2.04 bits per heavy atom. The first-order valence-corrected chi connectivity index (χ1v) is 8.70. The van der Waals surface area contributed by atoms with Crippen LogP contribution in [0.3, 0.4) is 0 Å². The summed E-state index contributed by atoms with van der Waals surface area (Å²) >= 11 is 1.35. The number of rotatable bonds is 4. The normalized spacial score (nSPS) is 20.7. The first-order chi connectivity index (χ1) is 11.1. The van der Waals surface area contributed by atoms with Crippen LogP contribution < -0.4 is 0 Å². The predicted molar refractivity (Wildman–Crippen MR) is 97.6 cm³/mol. The fourth-order valence-corrected chi connectivity index (χ4v) is 3.81. The molecule has 0 aliphatic carbocycles. The highest BCUT2D eigenvalue weighted by atomic mass is 35.5. The molecule has 0 spiro atoms. The van der Waals surface area contributed by atoms with E-state index in [4.69, 9.17) is 4.74 Å². The van der Waals surface area contributed by atoms with Gasteiger partial charge in [0.2, 0.25) is 5.60 Å². The van der Waals surface area contributed by atoms with E-state index in [2.05, 4.69) is 4.90 Å². The molecule has 0 bridgehead atoms. The van der Waals surface area contributed by atoms with Crippen molar-refractivity contribution in [3.8, 4) is 0 Å². The van der Waals surface area contributed by atoms with Crippen molar-refractivity contribution in [2.24, 2.45) is 0 Å². The van der Waals surface area contributed by atoms with Crippen LogP contribution >= 0.6 is 23.7 Å². The standard InChI is InChI=1S/C18H21NO3S.ClH/c1-19-11-5-9-15(13-19)22-17(20)18(21,16-10-6-12-23-16)14-7-3-2-4-8-14;/h2-4,6-8,10,12,15,21H,5,9,11,13H2,1H3;1H. The third kappa shape index (κ3) is 3.81. The van der Waals surface area contributed by atoms with Gasteiger partial charge in [-0.25, -0.2) is 4.79 Å². The quantitative estimate of drug-likeness (QED) is 0.844. The average Bonchev–Trinajstić information content (AvgIpc) is 3.10. The molecule has 0 saturated carbocycles. The number of carbonyl (C=O) groups excluding carboxylic acids is 1. The summed E-state index contributed by atoms with van der Waals surface area (Å²) < 4.78 is 5.68. The van der Waals surface area contributed by atoms with Gasteiger partial charge in [-0.1, -0.05) is 36.4 Å². The van der Waals surface area contributed by atoms with E-state index in [1.165, 1.54) is 11.3 Å². The molecule has 1 aromatic carbocycles. The minimum absolute atomic E-state index is 0. The van der Waals surface area contributed by atoms with Crippen molar-refractivity contribution >= 4 is 29.7 Å². The lowest BCUT2D eigenvalue weighted by molar-refractivity contribution is -0.169. The number of halogens is 1. The predicted octanol–water partition coefficient (Wildman–Crippen LogP) is 3.04. The highest BCUT2D eigenvalue weighted by Crippen LogP contribution is 2.34. The Balaban J connectivity index is 0.00000208. The second-order valence-corrected chi connectivity index (χ2v) is 6.93. The highest BCUT2D eigenvalue weighted by molar-refractivity contribution is 7.10.